The lowest BCUT2D eigenvalue weighted by Gasteiger charge is -2.19. The number of pyridine rings is 1. The zero-order valence-electron chi connectivity index (χ0n) is 13.5. The number of H-pyrrole nitrogens is 1. The highest BCUT2D eigenvalue weighted by molar-refractivity contribution is 5.79. The molecule has 0 bridgehead atoms. The van der Waals surface area contributed by atoms with E-state index in [1.54, 1.807) is 12.4 Å². The van der Waals surface area contributed by atoms with E-state index in [9.17, 15) is 4.79 Å². The summed E-state index contributed by atoms with van der Waals surface area (Å²) in [4.78, 5) is 16.4. The van der Waals surface area contributed by atoms with Crippen LogP contribution in [0, 0.1) is 19.8 Å². The van der Waals surface area contributed by atoms with Crippen LogP contribution >= 0.6 is 0 Å². The van der Waals surface area contributed by atoms with E-state index < -0.39 is 0 Å². The van der Waals surface area contributed by atoms with Gasteiger partial charge in [0.05, 0.1) is 31.4 Å². The molecule has 23 heavy (non-hydrogen) atoms. The first-order chi connectivity index (χ1) is 11.1. The molecule has 6 heteroatoms. The van der Waals surface area contributed by atoms with Gasteiger partial charge in [-0.15, -0.1) is 0 Å². The largest absolute Gasteiger partial charge is 0.379 e. The van der Waals surface area contributed by atoms with Gasteiger partial charge in [-0.25, -0.2) is 0 Å². The average Bonchev–Trinajstić information content (AvgIpc) is 3.10. The van der Waals surface area contributed by atoms with Crippen LogP contribution in [0.5, 0.6) is 0 Å². The number of carbonyl (C=O) groups excluding carboxylic acids is 1. The summed E-state index contributed by atoms with van der Waals surface area (Å²) in [6, 6.07) is 4.08. The maximum Gasteiger partial charge on any atom is 0.224 e. The molecule has 2 aromatic rings. The van der Waals surface area contributed by atoms with Crippen molar-refractivity contribution < 1.29 is 9.53 Å². The van der Waals surface area contributed by atoms with Gasteiger partial charge in [-0.2, -0.15) is 5.10 Å². The Morgan fingerprint density at radius 2 is 2.13 bits per heavy atom. The number of carbonyl (C=O) groups is 1. The van der Waals surface area contributed by atoms with Crippen LogP contribution in [-0.2, 0) is 22.4 Å². The minimum absolute atomic E-state index is 0.0211. The quantitative estimate of drug-likeness (QED) is 0.873. The minimum atomic E-state index is 0.0211. The molecule has 122 valence electrons. The number of amides is 1. The molecule has 0 saturated carbocycles. The van der Waals surface area contributed by atoms with Crippen LogP contribution in [0.2, 0.25) is 0 Å². The molecule has 0 aromatic carbocycles. The Labute approximate surface area is 135 Å². The van der Waals surface area contributed by atoms with E-state index in [1.807, 2.05) is 26.0 Å². The SMILES string of the molecule is Cc1n[nH]c(C)c1CC(=O)N[C@@H]1COC[C@H]1Cc1ccncc1. The lowest BCUT2D eigenvalue weighted by Crippen LogP contribution is -2.41. The fraction of sp³-hybridized carbons (Fsp3) is 0.471. The Morgan fingerprint density at radius 1 is 1.35 bits per heavy atom. The molecule has 3 rings (SSSR count). The van der Waals surface area contributed by atoms with Crippen molar-refractivity contribution in [2.45, 2.75) is 32.7 Å². The van der Waals surface area contributed by atoms with Crippen molar-refractivity contribution in [3.63, 3.8) is 0 Å². The van der Waals surface area contributed by atoms with Gasteiger partial charge in [-0.05, 0) is 38.0 Å². The zero-order valence-corrected chi connectivity index (χ0v) is 13.5. The van der Waals surface area contributed by atoms with E-state index in [4.69, 9.17) is 4.74 Å². The van der Waals surface area contributed by atoms with Gasteiger partial charge < -0.3 is 10.1 Å². The molecule has 1 amide bonds. The normalized spacial score (nSPS) is 20.6. The number of hydrogen-bond acceptors (Lipinski definition) is 4. The first-order valence-electron chi connectivity index (χ1n) is 7.90. The van der Waals surface area contributed by atoms with Gasteiger partial charge in [0.2, 0.25) is 5.91 Å². The minimum Gasteiger partial charge on any atom is -0.379 e. The Kier molecular flexibility index (Phi) is 4.71. The second-order valence-electron chi connectivity index (χ2n) is 6.12. The van der Waals surface area contributed by atoms with Crippen LogP contribution < -0.4 is 5.32 Å². The molecule has 2 N–H and O–H groups in total. The molecular formula is C17H22N4O2. The van der Waals surface area contributed by atoms with E-state index >= 15 is 0 Å². The van der Waals surface area contributed by atoms with Crippen LogP contribution in [0.1, 0.15) is 22.5 Å². The molecule has 0 radical (unpaired) electrons. The van der Waals surface area contributed by atoms with Gasteiger partial charge in [0.25, 0.3) is 0 Å². The summed E-state index contributed by atoms with van der Waals surface area (Å²) in [6.07, 6.45) is 4.83. The molecule has 0 spiro atoms. The summed E-state index contributed by atoms with van der Waals surface area (Å²) < 4.78 is 5.58. The molecule has 3 heterocycles. The third-order valence-electron chi connectivity index (χ3n) is 4.41. The third kappa shape index (κ3) is 3.76. The lowest BCUT2D eigenvalue weighted by atomic mass is 9.95. The molecule has 1 fully saturated rings. The Balaban J connectivity index is 1.59. The molecule has 6 nitrogen and oxygen atoms in total. The molecule has 1 aliphatic rings. The Hall–Kier alpha value is -2.21. The van der Waals surface area contributed by atoms with Gasteiger partial charge in [0.15, 0.2) is 0 Å². The third-order valence-corrected chi connectivity index (χ3v) is 4.41. The number of rotatable bonds is 5. The van der Waals surface area contributed by atoms with Crippen LogP contribution in [0.3, 0.4) is 0 Å². The fourth-order valence-electron chi connectivity index (χ4n) is 3.03. The second kappa shape index (κ2) is 6.91. The van der Waals surface area contributed by atoms with Gasteiger partial charge in [-0.3, -0.25) is 14.9 Å². The topological polar surface area (TPSA) is 79.9 Å². The molecule has 0 unspecified atom stereocenters. The van der Waals surface area contributed by atoms with Crippen LogP contribution in [0.15, 0.2) is 24.5 Å². The second-order valence-corrected chi connectivity index (χ2v) is 6.12. The summed E-state index contributed by atoms with van der Waals surface area (Å²) in [5, 5.41) is 10.2. The maximum atomic E-state index is 12.4. The van der Waals surface area contributed by atoms with Gasteiger partial charge >= 0.3 is 0 Å². The molecule has 1 saturated heterocycles. The average molecular weight is 314 g/mol. The lowest BCUT2D eigenvalue weighted by molar-refractivity contribution is -0.121. The van der Waals surface area contributed by atoms with Crippen molar-refractivity contribution in [1.82, 2.24) is 20.5 Å². The van der Waals surface area contributed by atoms with Gasteiger partial charge in [0.1, 0.15) is 0 Å². The summed E-state index contributed by atoms with van der Waals surface area (Å²) >= 11 is 0. The summed E-state index contributed by atoms with van der Waals surface area (Å²) in [7, 11) is 0. The maximum absolute atomic E-state index is 12.4. The van der Waals surface area contributed by atoms with E-state index in [1.165, 1.54) is 5.56 Å². The van der Waals surface area contributed by atoms with Crippen LogP contribution in [0.25, 0.3) is 0 Å². The van der Waals surface area contributed by atoms with Crippen molar-refractivity contribution in [1.29, 1.82) is 0 Å². The van der Waals surface area contributed by atoms with E-state index in [2.05, 4.69) is 20.5 Å². The van der Waals surface area contributed by atoms with E-state index in [-0.39, 0.29) is 11.9 Å². The van der Waals surface area contributed by atoms with Crippen molar-refractivity contribution in [2.24, 2.45) is 5.92 Å². The van der Waals surface area contributed by atoms with Crippen molar-refractivity contribution in [2.75, 3.05) is 13.2 Å². The van der Waals surface area contributed by atoms with Crippen molar-refractivity contribution in [3.05, 3.63) is 47.0 Å². The number of nitrogens with one attached hydrogen (secondary N) is 2. The molecule has 1 aliphatic heterocycles. The zero-order chi connectivity index (χ0) is 16.2. The van der Waals surface area contributed by atoms with Gasteiger partial charge in [-0.1, -0.05) is 0 Å². The number of ether oxygens (including phenoxy) is 1. The van der Waals surface area contributed by atoms with Crippen molar-refractivity contribution >= 4 is 5.91 Å². The number of aromatic amines is 1. The smallest absolute Gasteiger partial charge is 0.224 e. The monoisotopic (exact) mass is 314 g/mol. The summed E-state index contributed by atoms with van der Waals surface area (Å²) in [6.45, 7) is 5.10. The number of hydrogen-bond donors (Lipinski definition) is 2. The highest BCUT2D eigenvalue weighted by Crippen LogP contribution is 2.19. The first-order valence-corrected chi connectivity index (χ1v) is 7.90. The molecule has 2 atom stereocenters. The fourth-order valence-corrected chi connectivity index (χ4v) is 3.03. The first kappa shape index (κ1) is 15.7. The standard InChI is InChI=1S/C17H22N4O2/c1-11-15(12(2)21-20-11)8-17(22)19-16-10-23-9-14(16)7-13-3-5-18-6-4-13/h3-6,14,16H,7-10H2,1-2H3,(H,19,22)(H,20,21)/t14-,16-/m1/s1. The highest BCUT2D eigenvalue weighted by Gasteiger charge is 2.29. The summed E-state index contributed by atoms with van der Waals surface area (Å²) in [5.74, 6) is 0.320. The number of aryl methyl sites for hydroxylation is 2. The molecule has 2 aromatic heterocycles. The number of aromatic nitrogens is 3. The molecular weight excluding hydrogens is 292 g/mol. The Morgan fingerprint density at radius 3 is 2.83 bits per heavy atom. The van der Waals surface area contributed by atoms with Crippen molar-refractivity contribution in [3.8, 4) is 0 Å². The Bertz CT molecular complexity index is 649. The van der Waals surface area contributed by atoms with Gasteiger partial charge in [0, 0.05) is 29.6 Å². The summed E-state index contributed by atoms with van der Waals surface area (Å²) in [5.41, 5.74) is 4.03. The predicted octanol–water partition coefficient (Wildman–Crippen LogP) is 1.34. The van der Waals surface area contributed by atoms with Crippen LogP contribution in [-0.4, -0.2) is 40.3 Å². The molecule has 0 aliphatic carbocycles. The highest BCUT2D eigenvalue weighted by atomic mass is 16.5. The van der Waals surface area contributed by atoms with Crippen LogP contribution in [0.4, 0.5) is 0 Å². The predicted molar refractivity (Wildman–Crippen MR) is 85.9 cm³/mol. The van der Waals surface area contributed by atoms with E-state index in [0.717, 1.165) is 23.4 Å². The van der Waals surface area contributed by atoms with E-state index in [0.29, 0.717) is 25.6 Å². The number of nitrogens with zero attached hydrogens (tertiary/aromatic N) is 2.